The molecule has 3 rings (SSSR count). The van der Waals surface area contributed by atoms with Crippen molar-refractivity contribution in [2.24, 2.45) is 7.05 Å². The second-order valence-corrected chi connectivity index (χ2v) is 7.90. The second kappa shape index (κ2) is 5.66. The lowest BCUT2D eigenvalue weighted by atomic mass is 9.71. The minimum atomic E-state index is -3.57. The van der Waals surface area contributed by atoms with Crippen LogP contribution < -0.4 is 0 Å². The van der Waals surface area contributed by atoms with Gasteiger partial charge in [0.25, 0.3) is 0 Å². The van der Waals surface area contributed by atoms with E-state index >= 15 is 0 Å². The number of carbonyl (C=O) groups is 1. The van der Waals surface area contributed by atoms with Crippen LogP contribution >= 0.6 is 0 Å². The summed E-state index contributed by atoms with van der Waals surface area (Å²) in [4.78, 5) is 20.6. The molecule has 1 aliphatic rings. The van der Waals surface area contributed by atoms with Crippen LogP contribution in [0.3, 0.4) is 0 Å². The molecule has 0 aromatic carbocycles. The molecule has 0 saturated carbocycles. The molecule has 0 N–H and O–H groups in total. The van der Waals surface area contributed by atoms with E-state index in [1.54, 1.807) is 16.9 Å². The van der Waals surface area contributed by atoms with Crippen molar-refractivity contribution in [3.8, 4) is 0 Å². The lowest BCUT2D eigenvalue weighted by Crippen LogP contribution is -2.43. The third-order valence-electron chi connectivity index (χ3n) is 4.46. The standard InChI is InChI=1S/C15H18N4O4S/c1-19-11-4-6-15(13(20)23-2,8-10(11)9-17-19)12-5-7-16-14(18-12)24(3,21)22/h5,7,9H,4,6,8H2,1-3H3. The summed E-state index contributed by atoms with van der Waals surface area (Å²) in [6, 6.07) is 1.58. The van der Waals surface area contributed by atoms with Gasteiger partial charge in [-0.2, -0.15) is 5.10 Å². The maximum Gasteiger partial charge on any atom is 0.318 e. The average Bonchev–Trinajstić information content (AvgIpc) is 2.93. The smallest absolute Gasteiger partial charge is 0.318 e. The SMILES string of the molecule is COC(=O)C1(c2ccnc(S(C)(=O)=O)n2)CCc2c(cnn2C)C1. The summed E-state index contributed by atoms with van der Waals surface area (Å²) in [5.74, 6) is -0.435. The molecular formula is C15H18N4O4S. The van der Waals surface area contributed by atoms with Gasteiger partial charge in [-0.15, -0.1) is 0 Å². The molecule has 128 valence electrons. The Kier molecular flexibility index (Phi) is 3.90. The molecule has 0 spiro atoms. The van der Waals surface area contributed by atoms with Crippen LogP contribution in [0.1, 0.15) is 23.4 Å². The van der Waals surface area contributed by atoms with Crippen molar-refractivity contribution in [1.29, 1.82) is 0 Å². The number of nitrogens with zero attached hydrogens (tertiary/aromatic N) is 4. The first kappa shape index (κ1) is 16.6. The highest BCUT2D eigenvalue weighted by Gasteiger charge is 2.46. The molecule has 8 nitrogen and oxygen atoms in total. The molecule has 2 aromatic heterocycles. The fourth-order valence-electron chi connectivity index (χ4n) is 3.20. The van der Waals surface area contributed by atoms with Gasteiger partial charge in [0.1, 0.15) is 5.41 Å². The van der Waals surface area contributed by atoms with Crippen molar-refractivity contribution in [3.63, 3.8) is 0 Å². The van der Waals surface area contributed by atoms with Gasteiger partial charge in [-0.1, -0.05) is 0 Å². The topological polar surface area (TPSA) is 104 Å². The van der Waals surface area contributed by atoms with Crippen molar-refractivity contribution in [1.82, 2.24) is 19.7 Å². The van der Waals surface area contributed by atoms with Crippen molar-refractivity contribution in [3.05, 3.63) is 35.4 Å². The molecule has 0 fully saturated rings. The van der Waals surface area contributed by atoms with Crippen LogP contribution in [0.2, 0.25) is 0 Å². The van der Waals surface area contributed by atoms with E-state index in [9.17, 15) is 13.2 Å². The highest BCUT2D eigenvalue weighted by molar-refractivity contribution is 7.90. The largest absolute Gasteiger partial charge is 0.468 e. The number of hydrogen-bond donors (Lipinski definition) is 0. The van der Waals surface area contributed by atoms with Crippen molar-refractivity contribution < 1.29 is 17.9 Å². The van der Waals surface area contributed by atoms with E-state index in [1.165, 1.54) is 13.3 Å². The summed E-state index contributed by atoms with van der Waals surface area (Å²) in [5, 5.41) is 3.94. The third-order valence-corrected chi connectivity index (χ3v) is 5.32. The van der Waals surface area contributed by atoms with Gasteiger partial charge in [0, 0.05) is 25.2 Å². The molecule has 9 heteroatoms. The molecule has 24 heavy (non-hydrogen) atoms. The maximum atomic E-state index is 12.6. The normalized spacial score (nSPS) is 20.5. The number of methoxy groups -OCH3 is 1. The Morgan fingerprint density at radius 1 is 1.42 bits per heavy atom. The van der Waals surface area contributed by atoms with Gasteiger partial charge in [0.2, 0.25) is 15.0 Å². The van der Waals surface area contributed by atoms with Gasteiger partial charge >= 0.3 is 5.97 Å². The summed E-state index contributed by atoms with van der Waals surface area (Å²) in [6.45, 7) is 0. The van der Waals surface area contributed by atoms with Crippen LogP contribution in [0.25, 0.3) is 0 Å². The zero-order valence-electron chi connectivity index (χ0n) is 13.7. The molecule has 2 heterocycles. The zero-order chi connectivity index (χ0) is 17.5. The first-order valence-electron chi connectivity index (χ1n) is 7.40. The fourth-order valence-corrected chi connectivity index (χ4v) is 3.72. The lowest BCUT2D eigenvalue weighted by Gasteiger charge is -2.34. The number of carbonyl (C=O) groups excluding carboxylic acids is 1. The minimum absolute atomic E-state index is 0.291. The number of esters is 1. The van der Waals surface area contributed by atoms with Crippen LogP contribution in [0.5, 0.6) is 0 Å². The van der Waals surface area contributed by atoms with Crippen LogP contribution in [0.4, 0.5) is 0 Å². The van der Waals surface area contributed by atoms with E-state index in [2.05, 4.69) is 15.1 Å². The van der Waals surface area contributed by atoms with Gasteiger partial charge in [0.15, 0.2) is 0 Å². The molecule has 0 radical (unpaired) electrons. The third kappa shape index (κ3) is 2.58. The molecule has 1 aliphatic carbocycles. The number of sulfone groups is 1. The van der Waals surface area contributed by atoms with E-state index in [0.29, 0.717) is 25.0 Å². The summed E-state index contributed by atoms with van der Waals surface area (Å²) in [6.07, 6.45) is 5.58. The number of rotatable bonds is 3. The lowest BCUT2D eigenvalue weighted by molar-refractivity contribution is -0.148. The first-order valence-corrected chi connectivity index (χ1v) is 9.29. The Morgan fingerprint density at radius 2 is 2.17 bits per heavy atom. The van der Waals surface area contributed by atoms with Crippen molar-refractivity contribution in [2.45, 2.75) is 29.8 Å². The highest BCUT2D eigenvalue weighted by Crippen LogP contribution is 2.38. The molecule has 0 saturated heterocycles. The van der Waals surface area contributed by atoms with Gasteiger partial charge in [-0.25, -0.2) is 18.4 Å². The first-order chi connectivity index (χ1) is 11.3. The number of ether oxygens (including phenoxy) is 1. The van der Waals surface area contributed by atoms with Gasteiger partial charge < -0.3 is 4.74 Å². The van der Waals surface area contributed by atoms with Crippen LogP contribution in [-0.4, -0.2) is 47.5 Å². The average molecular weight is 350 g/mol. The van der Waals surface area contributed by atoms with E-state index in [-0.39, 0.29) is 5.16 Å². The van der Waals surface area contributed by atoms with Gasteiger partial charge in [-0.05, 0) is 30.9 Å². The van der Waals surface area contributed by atoms with Gasteiger partial charge in [-0.3, -0.25) is 9.48 Å². The van der Waals surface area contributed by atoms with E-state index < -0.39 is 21.2 Å². The monoisotopic (exact) mass is 350 g/mol. The highest BCUT2D eigenvalue weighted by atomic mass is 32.2. The predicted molar refractivity (Wildman–Crippen MR) is 84.1 cm³/mol. The van der Waals surface area contributed by atoms with Crippen molar-refractivity contribution in [2.75, 3.05) is 13.4 Å². The molecule has 1 atom stereocenters. The van der Waals surface area contributed by atoms with Crippen LogP contribution in [0.15, 0.2) is 23.6 Å². The Bertz CT molecular complexity index is 906. The summed E-state index contributed by atoms with van der Waals surface area (Å²) in [5.41, 5.74) is 1.33. The predicted octanol–water partition coefficient (Wildman–Crippen LogP) is 0.213. The molecule has 1 unspecified atom stereocenters. The fraction of sp³-hybridized carbons (Fsp3) is 0.467. The summed E-state index contributed by atoms with van der Waals surface area (Å²) in [7, 11) is -0.392. The van der Waals surface area contributed by atoms with E-state index in [0.717, 1.165) is 17.5 Å². The Balaban J connectivity index is 2.14. The molecule has 2 aromatic rings. The second-order valence-electron chi connectivity index (χ2n) is 5.99. The Morgan fingerprint density at radius 3 is 2.83 bits per heavy atom. The van der Waals surface area contributed by atoms with Crippen LogP contribution in [0, 0.1) is 0 Å². The summed E-state index contributed by atoms with van der Waals surface area (Å²) < 4.78 is 30.3. The number of aryl methyl sites for hydroxylation is 1. The van der Waals surface area contributed by atoms with Crippen LogP contribution in [-0.2, 0) is 44.7 Å². The Labute approximate surface area is 139 Å². The van der Waals surface area contributed by atoms with Gasteiger partial charge in [0.05, 0.1) is 19.0 Å². The Hall–Kier alpha value is -2.29. The van der Waals surface area contributed by atoms with E-state index in [1.807, 2.05) is 7.05 Å². The molecule has 0 aliphatic heterocycles. The zero-order valence-corrected chi connectivity index (χ0v) is 14.5. The maximum absolute atomic E-state index is 12.6. The number of hydrogen-bond acceptors (Lipinski definition) is 7. The minimum Gasteiger partial charge on any atom is -0.468 e. The summed E-state index contributed by atoms with van der Waals surface area (Å²) >= 11 is 0. The number of fused-ring (bicyclic) bond motifs is 1. The van der Waals surface area contributed by atoms with E-state index in [4.69, 9.17) is 4.74 Å². The van der Waals surface area contributed by atoms with Crippen molar-refractivity contribution >= 4 is 15.8 Å². The molecule has 0 amide bonds. The molecule has 0 bridgehead atoms. The quantitative estimate of drug-likeness (QED) is 0.576. The number of aromatic nitrogens is 4. The molecular weight excluding hydrogens is 332 g/mol.